The Morgan fingerprint density at radius 3 is 1.79 bits per heavy atom. The Morgan fingerprint density at radius 1 is 0.724 bits per heavy atom. The van der Waals surface area contributed by atoms with Gasteiger partial charge in [-0.25, -0.2) is 19.4 Å². The van der Waals surface area contributed by atoms with Crippen molar-refractivity contribution in [3.63, 3.8) is 0 Å². The van der Waals surface area contributed by atoms with Crippen LogP contribution in [0.3, 0.4) is 0 Å². The molecule has 29 heavy (non-hydrogen) atoms. The standard InChI is InChI=1S/C19H30O10/c1-7-10-12-16(23)28-29-17(24)18(5,6)19(25-13(4)20,26-14(21)9-3)27-15(22)11-8-2/h7-12H2,1-6H3. The predicted molar refractivity (Wildman–Crippen MR) is 97.4 cm³/mol. The summed E-state index contributed by atoms with van der Waals surface area (Å²) < 4.78 is 15.3. The third-order valence-electron chi connectivity index (χ3n) is 3.74. The minimum atomic E-state index is -2.74. The van der Waals surface area contributed by atoms with E-state index in [1.165, 1.54) is 6.92 Å². The van der Waals surface area contributed by atoms with Gasteiger partial charge in [-0.1, -0.05) is 27.2 Å². The van der Waals surface area contributed by atoms with E-state index in [1.807, 2.05) is 6.92 Å². The van der Waals surface area contributed by atoms with Gasteiger partial charge in [0, 0.05) is 19.8 Å². The van der Waals surface area contributed by atoms with Crippen LogP contribution in [0, 0.1) is 5.41 Å². The number of carbonyl (C=O) groups excluding carboxylic acids is 5. The van der Waals surface area contributed by atoms with Crippen molar-refractivity contribution < 1.29 is 48.0 Å². The minimum absolute atomic E-state index is 0.0234. The number of carbonyl (C=O) groups is 5. The maximum absolute atomic E-state index is 12.6. The van der Waals surface area contributed by atoms with Crippen LogP contribution in [0.1, 0.15) is 80.1 Å². The first kappa shape index (κ1) is 26.4. The first-order valence-corrected chi connectivity index (χ1v) is 9.50. The summed E-state index contributed by atoms with van der Waals surface area (Å²) in [5.74, 6) is -7.56. The zero-order chi connectivity index (χ0) is 22.7. The summed E-state index contributed by atoms with van der Waals surface area (Å²) in [5.41, 5.74) is -2.07. The third-order valence-corrected chi connectivity index (χ3v) is 3.74. The van der Waals surface area contributed by atoms with Gasteiger partial charge in [0.1, 0.15) is 0 Å². The zero-order valence-electron chi connectivity index (χ0n) is 17.8. The highest BCUT2D eigenvalue weighted by Gasteiger charge is 2.63. The molecule has 0 spiro atoms. The molecule has 0 saturated carbocycles. The minimum Gasteiger partial charge on any atom is -0.387 e. The molecule has 0 amide bonds. The van der Waals surface area contributed by atoms with Gasteiger partial charge < -0.3 is 14.2 Å². The Bertz CT molecular complexity index is 610. The van der Waals surface area contributed by atoms with Gasteiger partial charge >= 0.3 is 35.8 Å². The Morgan fingerprint density at radius 2 is 1.31 bits per heavy atom. The number of ether oxygens (including phenoxy) is 3. The lowest BCUT2D eigenvalue weighted by Gasteiger charge is -2.39. The van der Waals surface area contributed by atoms with Crippen LogP contribution in [0.4, 0.5) is 0 Å². The molecule has 1 unspecified atom stereocenters. The van der Waals surface area contributed by atoms with Gasteiger partial charge in [0.15, 0.2) is 5.41 Å². The number of hydrogen-bond donors (Lipinski definition) is 0. The van der Waals surface area contributed by atoms with E-state index in [0.717, 1.165) is 27.2 Å². The summed E-state index contributed by atoms with van der Waals surface area (Å²) in [6.45, 7) is 8.30. The molecule has 0 aromatic rings. The van der Waals surface area contributed by atoms with Crippen LogP contribution in [-0.2, 0) is 48.0 Å². The maximum Gasteiger partial charge on any atom is 0.440 e. The normalized spacial score (nSPS) is 12.9. The molecule has 0 bridgehead atoms. The van der Waals surface area contributed by atoms with E-state index in [0.29, 0.717) is 12.8 Å². The molecular formula is C19H30O10. The monoisotopic (exact) mass is 418 g/mol. The predicted octanol–water partition coefficient (Wildman–Crippen LogP) is 2.72. The number of hydrogen-bond acceptors (Lipinski definition) is 10. The topological polar surface area (TPSA) is 132 Å². The summed E-state index contributed by atoms with van der Waals surface area (Å²) in [5, 5.41) is 0. The Hall–Kier alpha value is -2.65. The molecular weight excluding hydrogens is 388 g/mol. The van der Waals surface area contributed by atoms with Crippen molar-refractivity contribution in [2.75, 3.05) is 0 Å². The van der Waals surface area contributed by atoms with Crippen molar-refractivity contribution in [1.29, 1.82) is 0 Å². The van der Waals surface area contributed by atoms with Crippen LogP contribution in [0.2, 0.25) is 0 Å². The molecule has 0 aliphatic heterocycles. The van der Waals surface area contributed by atoms with Gasteiger partial charge in [-0.05, 0) is 26.7 Å². The highest BCUT2D eigenvalue weighted by molar-refractivity contribution is 5.81. The molecule has 0 aliphatic rings. The van der Waals surface area contributed by atoms with Crippen molar-refractivity contribution in [2.24, 2.45) is 5.41 Å². The SMILES string of the molecule is CCCCC(=O)OOC(=O)C(C)(C)C(OC(C)=O)(OC(=O)CC)OC(=O)CCC. The van der Waals surface area contributed by atoms with E-state index >= 15 is 0 Å². The Balaban J connectivity index is 5.84. The molecule has 0 N–H and O–H groups in total. The van der Waals surface area contributed by atoms with Crippen LogP contribution in [0.25, 0.3) is 0 Å². The fourth-order valence-corrected chi connectivity index (χ4v) is 1.94. The van der Waals surface area contributed by atoms with Gasteiger partial charge in [-0.3, -0.25) is 14.4 Å². The van der Waals surface area contributed by atoms with Crippen molar-refractivity contribution in [1.82, 2.24) is 0 Å². The molecule has 0 aliphatic carbocycles. The largest absolute Gasteiger partial charge is 0.440 e. The van der Waals surface area contributed by atoms with Gasteiger partial charge in [-0.2, -0.15) is 0 Å². The third kappa shape index (κ3) is 8.08. The van der Waals surface area contributed by atoms with Crippen molar-refractivity contribution >= 4 is 29.8 Å². The number of esters is 3. The molecule has 10 nitrogen and oxygen atoms in total. The molecule has 0 fully saturated rings. The highest BCUT2D eigenvalue weighted by Crippen LogP contribution is 2.39. The average Bonchev–Trinajstić information content (AvgIpc) is 2.63. The molecule has 1 atom stereocenters. The van der Waals surface area contributed by atoms with E-state index < -0.39 is 41.2 Å². The molecule has 0 heterocycles. The van der Waals surface area contributed by atoms with Gasteiger partial charge in [0.05, 0.1) is 6.42 Å². The second-order valence-electron chi connectivity index (χ2n) is 6.76. The Labute approximate surface area is 170 Å². The lowest BCUT2D eigenvalue weighted by atomic mass is 9.89. The second-order valence-corrected chi connectivity index (χ2v) is 6.76. The van der Waals surface area contributed by atoms with Crippen LogP contribution >= 0.6 is 0 Å². The van der Waals surface area contributed by atoms with Crippen LogP contribution in [0.5, 0.6) is 0 Å². The summed E-state index contributed by atoms with van der Waals surface area (Å²) in [6, 6.07) is 0. The average molecular weight is 418 g/mol. The van der Waals surface area contributed by atoms with E-state index in [1.54, 1.807) is 6.92 Å². The molecule has 0 aromatic carbocycles. The van der Waals surface area contributed by atoms with Crippen LogP contribution in [0.15, 0.2) is 0 Å². The maximum atomic E-state index is 12.6. The highest BCUT2D eigenvalue weighted by atomic mass is 17.2. The van der Waals surface area contributed by atoms with Crippen LogP contribution < -0.4 is 0 Å². The summed E-state index contributed by atoms with van der Waals surface area (Å²) in [6.07, 6.45) is 1.41. The van der Waals surface area contributed by atoms with Crippen molar-refractivity contribution in [3.8, 4) is 0 Å². The summed E-state index contributed by atoms with van der Waals surface area (Å²) >= 11 is 0. The second kappa shape index (κ2) is 12.0. The zero-order valence-corrected chi connectivity index (χ0v) is 17.8. The van der Waals surface area contributed by atoms with Crippen molar-refractivity contribution in [3.05, 3.63) is 0 Å². The van der Waals surface area contributed by atoms with E-state index in [9.17, 15) is 24.0 Å². The molecule has 0 aromatic heterocycles. The molecule has 0 saturated heterocycles. The van der Waals surface area contributed by atoms with Crippen LogP contribution in [-0.4, -0.2) is 35.8 Å². The summed E-state index contributed by atoms with van der Waals surface area (Å²) in [4.78, 5) is 69.0. The fourth-order valence-electron chi connectivity index (χ4n) is 1.94. The molecule has 0 rings (SSSR count). The first-order valence-electron chi connectivity index (χ1n) is 9.50. The van der Waals surface area contributed by atoms with Gasteiger partial charge in [0.2, 0.25) is 0 Å². The van der Waals surface area contributed by atoms with E-state index in [-0.39, 0.29) is 19.3 Å². The Kier molecular flexibility index (Phi) is 10.9. The van der Waals surface area contributed by atoms with E-state index in [2.05, 4.69) is 9.78 Å². The fraction of sp³-hybridized carbons (Fsp3) is 0.737. The number of unbranched alkanes of at least 4 members (excludes halogenated alkanes) is 1. The lowest BCUT2D eigenvalue weighted by Crippen LogP contribution is -2.58. The first-order chi connectivity index (χ1) is 13.5. The summed E-state index contributed by atoms with van der Waals surface area (Å²) in [7, 11) is 0. The van der Waals surface area contributed by atoms with E-state index in [4.69, 9.17) is 14.2 Å². The molecule has 166 valence electrons. The number of rotatable bonds is 11. The molecule has 0 radical (unpaired) electrons. The molecule has 10 heteroatoms. The smallest absolute Gasteiger partial charge is 0.387 e. The quantitative estimate of drug-likeness (QED) is 0.213. The van der Waals surface area contributed by atoms with Gasteiger partial charge in [0.25, 0.3) is 0 Å². The van der Waals surface area contributed by atoms with Gasteiger partial charge in [-0.15, -0.1) is 0 Å². The van der Waals surface area contributed by atoms with Crippen molar-refractivity contribution in [2.45, 2.75) is 86.0 Å². The lowest BCUT2D eigenvalue weighted by molar-refractivity contribution is -0.374.